The number of anilines is 1. The summed E-state index contributed by atoms with van der Waals surface area (Å²) in [4.78, 5) is 15.9. The molecule has 1 aromatic carbocycles. The molecule has 0 radical (unpaired) electrons. The number of aromatic hydroxyl groups is 1. The molecule has 0 fully saturated rings. The fourth-order valence-electron chi connectivity index (χ4n) is 1.45. The van der Waals surface area contributed by atoms with Crippen molar-refractivity contribution in [2.45, 2.75) is 16.8 Å². The number of phenols is 1. The number of hydrogen-bond acceptors (Lipinski definition) is 4. The third-order valence-electron chi connectivity index (χ3n) is 2.25. The lowest BCUT2D eigenvalue weighted by atomic mass is 10.3. The van der Waals surface area contributed by atoms with Crippen LogP contribution in [0.5, 0.6) is 5.75 Å². The Bertz CT molecular complexity index is 665. The quantitative estimate of drug-likeness (QED) is 0.886. The summed E-state index contributed by atoms with van der Waals surface area (Å²) in [6.45, 7) is 1.41. The van der Waals surface area contributed by atoms with Crippen LogP contribution >= 0.6 is 35.0 Å². The number of nitrogens with zero attached hydrogens (tertiary/aromatic N) is 1. The number of benzene rings is 1. The lowest BCUT2D eigenvalue weighted by Gasteiger charge is -2.07. The van der Waals surface area contributed by atoms with Gasteiger partial charge in [-0.1, -0.05) is 35.0 Å². The molecule has 0 bridgehead atoms. The van der Waals surface area contributed by atoms with Crippen LogP contribution in [0, 0.1) is 0 Å². The Balaban J connectivity index is 2.23. The molecule has 0 saturated carbocycles. The zero-order valence-corrected chi connectivity index (χ0v) is 12.7. The van der Waals surface area contributed by atoms with Crippen molar-refractivity contribution in [2.75, 3.05) is 5.32 Å². The molecule has 0 aliphatic carbocycles. The minimum Gasteiger partial charge on any atom is -0.508 e. The molecular formula is C13H10Cl2N2O2S. The Labute approximate surface area is 130 Å². The first-order chi connectivity index (χ1) is 9.45. The second-order valence-electron chi connectivity index (χ2n) is 3.91. The Morgan fingerprint density at radius 3 is 2.65 bits per heavy atom. The largest absolute Gasteiger partial charge is 0.508 e. The van der Waals surface area contributed by atoms with Crippen LogP contribution in [0.1, 0.15) is 6.92 Å². The summed E-state index contributed by atoms with van der Waals surface area (Å²) in [5.74, 6) is -0.0933. The summed E-state index contributed by atoms with van der Waals surface area (Å²) < 4.78 is 0. The molecular weight excluding hydrogens is 319 g/mol. The number of aromatic nitrogens is 1. The average molecular weight is 329 g/mol. The summed E-state index contributed by atoms with van der Waals surface area (Å²) in [5.41, 5.74) is 0.531. The summed E-state index contributed by atoms with van der Waals surface area (Å²) in [5, 5.41) is 13.3. The summed E-state index contributed by atoms with van der Waals surface area (Å²) >= 11 is 13.4. The minimum absolute atomic E-state index is 0.0967. The molecule has 2 rings (SSSR count). The van der Waals surface area contributed by atoms with Gasteiger partial charge in [0.2, 0.25) is 5.91 Å². The van der Waals surface area contributed by atoms with Gasteiger partial charge in [0.25, 0.3) is 0 Å². The smallest absolute Gasteiger partial charge is 0.221 e. The highest BCUT2D eigenvalue weighted by Crippen LogP contribution is 2.37. The third-order valence-corrected chi connectivity index (χ3v) is 4.17. The molecule has 1 amide bonds. The van der Waals surface area contributed by atoms with Gasteiger partial charge in [-0.15, -0.1) is 0 Å². The van der Waals surface area contributed by atoms with E-state index in [2.05, 4.69) is 10.3 Å². The van der Waals surface area contributed by atoms with Crippen LogP contribution in [0.25, 0.3) is 0 Å². The standard InChI is InChI=1S/C13H10Cl2N2O2S/c1-7(18)17-8-4-11(15)13(16-6-8)20-12-3-2-9(19)5-10(12)14/h2-6,19H,1H3,(H,17,18). The predicted molar refractivity (Wildman–Crippen MR) is 80.8 cm³/mol. The lowest BCUT2D eigenvalue weighted by molar-refractivity contribution is -0.114. The molecule has 0 saturated heterocycles. The van der Waals surface area contributed by atoms with E-state index in [0.29, 0.717) is 20.8 Å². The second-order valence-corrected chi connectivity index (χ2v) is 5.75. The van der Waals surface area contributed by atoms with Gasteiger partial charge in [0.05, 0.1) is 21.9 Å². The van der Waals surface area contributed by atoms with Crippen molar-refractivity contribution in [3.8, 4) is 5.75 Å². The zero-order chi connectivity index (χ0) is 14.7. The molecule has 20 heavy (non-hydrogen) atoms. The highest BCUT2D eigenvalue weighted by molar-refractivity contribution is 7.99. The van der Waals surface area contributed by atoms with Crippen molar-refractivity contribution < 1.29 is 9.90 Å². The van der Waals surface area contributed by atoms with E-state index in [1.807, 2.05) is 0 Å². The van der Waals surface area contributed by atoms with Crippen LogP contribution in [0.2, 0.25) is 10.0 Å². The fourth-order valence-corrected chi connectivity index (χ4v) is 2.78. The molecule has 0 unspecified atom stereocenters. The molecule has 0 spiro atoms. The first kappa shape index (κ1) is 15.0. The third kappa shape index (κ3) is 3.79. The van der Waals surface area contributed by atoms with Crippen LogP contribution in [-0.2, 0) is 4.79 Å². The number of nitrogens with one attached hydrogen (secondary N) is 1. The van der Waals surface area contributed by atoms with Crippen molar-refractivity contribution in [1.29, 1.82) is 0 Å². The molecule has 0 aliphatic rings. The SMILES string of the molecule is CC(=O)Nc1cnc(Sc2ccc(O)cc2Cl)c(Cl)c1. The number of halogens is 2. The molecule has 2 aromatic rings. The summed E-state index contributed by atoms with van der Waals surface area (Å²) in [7, 11) is 0. The van der Waals surface area contributed by atoms with Gasteiger partial charge >= 0.3 is 0 Å². The molecule has 1 heterocycles. The topological polar surface area (TPSA) is 62.2 Å². The maximum atomic E-state index is 10.9. The first-order valence-electron chi connectivity index (χ1n) is 5.55. The van der Waals surface area contributed by atoms with Crippen LogP contribution in [-0.4, -0.2) is 16.0 Å². The van der Waals surface area contributed by atoms with Gasteiger partial charge in [-0.05, 0) is 24.3 Å². The Hall–Kier alpha value is -1.43. The van der Waals surface area contributed by atoms with Crippen LogP contribution < -0.4 is 5.32 Å². The lowest BCUT2D eigenvalue weighted by Crippen LogP contribution is -2.06. The minimum atomic E-state index is -0.190. The summed E-state index contributed by atoms with van der Waals surface area (Å²) in [6, 6.07) is 6.28. The van der Waals surface area contributed by atoms with Gasteiger partial charge in [-0.3, -0.25) is 4.79 Å². The Morgan fingerprint density at radius 2 is 2.05 bits per heavy atom. The Kier molecular flexibility index (Phi) is 4.75. The molecule has 4 nitrogen and oxygen atoms in total. The molecule has 1 aromatic heterocycles. The number of amides is 1. The average Bonchev–Trinajstić information content (AvgIpc) is 2.34. The fraction of sp³-hybridized carbons (Fsp3) is 0.0769. The number of rotatable bonds is 3. The van der Waals surface area contributed by atoms with Crippen LogP contribution in [0.4, 0.5) is 5.69 Å². The molecule has 2 N–H and O–H groups in total. The van der Waals surface area contributed by atoms with E-state index in [1.165, 1.54) is 37.0 Å². The van der Waals surface area contributed by atoms with Crippen molar-refractivity contribution in [1.82, 2.24) is 4.98 Å². The van der Waals surface area contributed by atoms with Gasteiger partial charge in [0.15, 0.2) is 0 Å². The van der Waals surface area contributed by atoms with E-state index in [1.54, 1.807) is 12.1 Å². The van der Waals surface area contributed by atoms with Gasteiger partial charge in [-0.2, -0.15) is 0 Å². The molecule has 104 valence electrons. The monoisotopic (exact) mass is 328 g/mol. The molecule has 0 aliphatic heterocycles. The van der Waals surface area contributed by atoms with Crippen LogP contribution in [0.3, 0.4) is 0 Å². The second kappa shape index (κ2) is 6.35. The van der Waals surface area contributed by atoms with Crippen molar-refractivity contribution in [2.24, 2.45) is 0 Å². The van der Waals surface area contributed by atoms with Crippen molar-refractivity contribution in [3.63, 3.8) is 0 Å². The maximum absolute atomic E-state index is 10.9. The van der Waals surface area contributed by atoms with E-state index in [4.69, 9.17) is 23.2 Å². The highest BCUT2D eigenvalue weighted by Gasteiger charge is 2.09. The Morgan fingerprint density at radius 1 is 1.30 bits per heavy atom. The van der Waals surface area contributed by atoms with Crippen molar-refractivity contribution >= 4 is 46.6 Å². The van der Waals surface area contributed by atoms with Crippen LogP contribution in [0.15, 0.2) is 40.4 Å². The van der Waals surface area contributed by atoms with E-state index in [-0.39, 0.29) is 11.7 Å². The number of carbonyl (C=O) groups excluding carboxylic acids is 1. The van der Waals surface area contributed by atoms with E-state index < -0.39 is 0 Å². The number of hydrogen-bond donors (Lipinski definition) is 2. The first-order valence-corrected chi connectivity index (χ1v) is 7.12. The molecule has 7 heteroatoms. The maximum Gasteiger partial charge on any atom is 0.221 e. The number of pyridine rings is 1. The summed E-state index contributed by atoms with van der Waals surface area (Å²) in [6.07, 6.45) is 1.52. The van der Waals surface area contributed by atoms with E-state index in [0.717, 1.165) is 4.90 Å². The predicted octanol–water partition coefficient (Wildman–Crippen LogP) is 4.20. The van der Waals surface area contributed by atoms with Gasteiger partial charge < -0.3 is 10.4 Å². The highest BCUT2D eigenvalue weighted by atomic mass is 35.5. The van der Waals surface area contributed by atoms with Crippen molar-refractivity contribution in [3.05, 3.63) is 40.5 Å². The number of carbonyl (C=O) groups is 1. The van der Waals surface area contributed by atoms with E-state index >= 15 is 0 Å². The van der Waals surface area contributed by atoms with Gasteiger partial charge in [-0.25, -0.2) is 4.98 Å². The normalized spacial score (nSPS) is 10.3. The zero-order valence-electron chi connectivity index (χ0n) is 10.4. The van der Waals surface area contributed by atoms with Gasteiger partial charge in [0.1, 0.15) is 10.8 Å². The number of phenolic OH excluding ortho intramolecular Hbond substituents is 1. The van der Waals surface area contributed by atoms with Gasteiger partial charge in [0, 0.05) is 11.8 Å². The molecule has 0 atom stereocenters. The van der Waals surface area contributed by atoms with E-state index in [9.17, 15) is 9.90 Å².